The second-order valence-electron chi connectivity index (χ2n) is 7.23. The van der Waals surface area contributed by atoms with Crippen LogP contribution in [0.2, 0.25) is 0 Å². The van der Waals surface area contributed by atoms with Gasteiger partial charge in [-0.05, 0) is 67.6 Å². The fourth-order valence-corrected chi connectivity index (χ4v) is 5.06. The third-order valence-corrected chi connectivity index (χ3v) is 6.32. The molecule has 0 saturated heterocycles. The molecular weight excluding hydrogens is 262 g/mol. The van der Waals surface area contributed by atoms with Crippen molar-refractivity contribution in [3.63, 3.8) is 0 Å². The predicted molar refractivity (Wildman–Crippen MR) is 80.6 cm³/mol. The van der Waals surface area contributed by atoms with Crippen LogP contribution in [-0.4, -0.2) is 23.0 Å². The molecule has 3 aliphatic carbocycles. The van der Waals surface area contributed by atoms with Crippen LogP contribution in [0.4, 0.5) is 0 Å². The van der Waals surface area contributed by atoms with E-state index in [0.29, 0.717) is 23.7 Å². The zero-order valence-electron chi connectivity index (χ0n) is 12.7. The highest BCUT2D eigenvalue weighted by atomic mass is 16.3. The largest absolute Gasteiger partial charge is 0.508 e. The number of hydrogen-bond donors (Lipinski definition) is 1. The summed E-state index contributed by atoms with van der Waals surface area (Å²) in [5.74, 6) is 3.99. The summed E-state index contributed by atoms with van der Waals surface area (Å²) < 4.78 is 0. The average molecular weight is 285 g/mol. The van der Waals surface area contributed by atoms with E-state index < -0.39 is 0 Å². The Morgan fingerprint density at radius 1 is 1.19 bits per heavy atom. The van der Waals surface area contributed by atoms with Crippen LogP contribution in [0.25, 0.3) is 0 Å². The molecule has 2 bridgehead atoms. The van der Waals surface area contributed by atoms with Crippen LogP contribution in [0.5, 0.6) is 5.75 Å². The predicted octanol–water partition coefficient (Wildman–Crippen LogP) is 3.20. The summed E-state index contributed by atoms with van der Waals surface area (Å²) in [6.45, 7) is 2.07. The summed E-state index contributed by atoms with van der Waals surface area (Å²) in [4.78, 5) is 14.7. The van der Waals surface area contributed by atoms with Crippen LogP contribution in [0.3, 0.4) is 0 Å². The summed E-state index contributed by atoms with van der Waals surface area (Å²) in [5, 5.41) is 9.38. The summed E-state index contributed by atoms with van der Waals surface area (Å²) in [7, 11) is 1.93. The molecule has 3 saturated carbocycles. The van der Waals surface area contributed by atoms with Crippen LogP contribution in [0.15, 0.2) is 24.3 Å². The lowest BCUT2D eigenvalue weighted by atomic mass is 10.0. The van der Waals surface area contributed by atoms with Crippen LogP contribution >= 0.6 is 0 Å². The van der Waals surface area contributed by atoms with Crippen molar-refractivity contribution in [2.24, 2.45) is 29.6 Å². The zero-order chi connectivity index (χ0) is 14.7. The van der Waals surface area contributed by atoms with E-state index >= 15 is 0 Å². The minimum atomic E-state index is 0.0667. The molecule has 0 heterocycles. The molecule has 3 heteroatoms. The molecule has 0 spiro atoms. The molecule has 1 N–H and O–H groups in total. The van der Waals surface area contributed by atoms with Crippen LogP contribution in [0.1, 0.15) is 37.8 Å². The van der Waals surface area contributed by atoms with E-state index in [9.17, 15) is 9.90 Å². The van der Waals surface area contributed by atoms with Crippen molar-refractivity contribution in [1.82, 2.24) is 4.90 Å². The Hall–Kier alpha value is -1.51. The SMILES string of the molecule is CC(c1ccc(O)cc1)N(C)C(=O)C1C2C3CCC(C3)C12. The van der Waals surface area contributed by atoms with Crippen molar-refractivity contribution < 1.29 is 9.90 Å². The van der Waals surface area contributed by atoms with E-state index in [4.69, 9.17) is 0 Å². The highest BCUT2D eigenvalue weighted by Gasteiger charge is 2.67. The number of phenols is 1. The lowest BCUT2D eigenvalue weighted by molar-refractivity contribution is -0.134. The fraction of sp³-hybridized carbons (Fsp3) is 0.611. The van der Waals surface area contributed by atoms with Crippen molar-refractivity contribution >= 4 is 5.91 Å². The van der Waals surface area contributed by atoms with Gasteiger partial charge in [0, 0.05) is 13.0 Å². The number of carbonyl (C=O) groups excluding carboxylic acids is 1. The molecule has 112 valence electrons. The van der Waals surface area contributed by atoms with Gasteiger partial charge in [0.15, 0.2) is 0 Å². The Morgan fingerprint density at radius 2 is 1.76 bits per heavy atom. The van der Waals surface area contributed by atoms with E-state index in [0.717, 1.165) is 17.4 Å². The third kappa shape index (κ3) is 1.90. The third-order valence-electron chi connectivity index (χ3n) is 6.32. The first-order chi connectivity index (χ1) is 10.1. The van der Waals surface area contributed by atoms with Gasteiger partial charge >= 0.3 is 0 Å². The van der Waals surface area contributed by atoms with Gasteiger partial charge in [-0.1, -0.05) is 12.1 Å². The van der Waals surface area contributed by atoms with Gasteiger partial charge in [-0.3, -0.25) is 4.79 Å². The van der Waals surface area contributed by atoms with Gasteiger partial charge < -0.3 is 10.0 Å². The Bertz CT molecular complexity index is 551. The number of nitrogens with zero attached hydrogens (tertiary/aromatic N) is 1. The number of rotatable bonds is 3. The number of benzene rings is 1. The minimum absolute atomic E-state index is 0.0667. The monoisotopic (exact) mass is 285 g/mol. The van der Waals surface area contributed by atoms with Gasteiger partial charge in [-0.25, -0.2) is 0 Å². The quantitative estimate of drug-likeness (QED) is 0.926. The Kier molecular flexibility index (Phi) is 2.82. The smallest absolute Gasteiger partial charge is 0.226 e. The molecule has 5 atom stereocenters. The summed E-state index contributed by atoms with van der Waals surface area (Å²) in [6.07, 6.45) is 4.09. The standard InChI is InChI=1S/C18H23NO2/c1-10(11-5-7-14(20)8-6-11)19(2)18(21)17-15-12-3-4-13(9-12)16(15)17/h5-8,10,12-13,15-17,20H,3-4,9H2,1-2H3. The lowest BCUT2D eigenvalue weighted by Crippen LogP contribution is -2.32. The Labute approximate surface area is 126 Å². The molecule has 0 radical (unpaired) electrons. The van der Waals surface area contributed by atoms with E-state index in [1.54, 1.807) is 12.1 Å². The van der Waals surface area contributed by atoms with Crippen molar-refractivity contribution in [3.8, 4) is 5.75 Å². The second-order valence-corrected chi connectivity index (χ2v) is 7.23. The molecule has 1 amide bonds. The molecule has 0 aliphatic heterocycles. The molecule has 3 nitrogen and oxygen atoms in total. The molecule has 5 unspecified atom stereocenters. The molecule has 0 aromatic heterocycles. The second kappa shape index (κ2) is 4.49. The van der Waals surface area contributed by atoms with Gasteiger partial charge in [-0.15, -0.1) is 0 Å². The van der Waals surface area contributed by atoms with E-state index in [1.165, 1.54) is 19.3 Å². The van der Waals surface area contributed by atoms with Gasteiger partial charge in [0.2, 0.25) is 5.91 Å². The van der Waals surface area contributed by atoms with Crippen molar-refractivity contribution in [2.45, 2.75) is 32.2 Å². The lowest BCUT2D eigenvalue weighted by Gasteiger charge is -2.26. The summed E-state index contributed by atoms with van der Waals surface area (Å²) in [5.41, 5.74) is 1.08. The average Bonchev–Trinajstić information content (AvgIpc) is 2.93. The number of hydrogen-bond acceptors (Lipinski definition) is 2. The van der Waals surface area contributed by atoms with Crippen LogP contribution in [-0.2, 0) is 4.79 Å². The Balaban J connectivity index is 1.46. The van der Waals surface area contributed by atoms with Gasteiger partial charge in [-0.2, -0.15) is 0 Å². The topological polar surface area (TPSA) is 40.5 Å². The van der Waals surface area contributed by atoms with Crippen LogP contribution < -0.4 is 0 Å². The number of fused-ring (bicyclic) bond motifs is 5. The maximum atomic E-state index is 12.8. The normalized spacial score (nSPS) is 37.1. The van der Waals surface area contributed by atoms with Gasteiger partial charge in [0.05, 0.1) is 6.04 Å². The number of carbonyl (C=O) groups is 1. The van der Waals surface area contributed by atoms with E-state index in [1.807, 2.05) is 24.1 Å². The molecule has 4 rings (SSSR count). The Morgan fingerprint density at radius 3 is 2.33 bits per heavy atom. The molecule has 3 fully saturated rings. The van der Waals surface area contributed by atoms with Gasteiger partial charge in [0.1, 0.15) is 5.75 Å². The van der Waals surface area contributed by atoms with Crippen molar-refractivity contribution in [1.29, 1.82) is 0 Å². The molecule has 21 heavy (non-hydrogen) atoms. The van der Waals surface area contributed by atoms with Crippen LogP contribution in [0, 0.1) is 29.6 Å². The molecular formula is C18H23NO2. The first kappa shape index (κ1) is 13.2. The fourth-order valence-electron chi connectivity index (χ4n) is 5.06. The first-order valence-corrected chi connectivity index (χ1v) is 8.13. The summed E-state index contributed by atoms with van der Waals surface area (Å²) in [6, 6.07) is 7.26. The van der Waals surface area contributed by atoms with Gasteiger partial charge in [0.25, 0.3) is 0 Å². The van der Waals surface area contributed by atoms with E-state index in [2.05, 4.69) is 6.92 Å². The molecule has 1 aromatic rings. The van der Waals surface area contributed by atoms with Crippen molar-refractivity contribution in [3.05, 3.63) is 29.8 Å². The number of amides is 1. The highest BCUT2D eigenvalue weighted by molar-refractivity contribution is 5.83. The number of phenolic OH excluding ortho intramolecular Hbond substituents is 1. The highest BCUT2D eigenvalue weighted by Crippen LogP contribution is 2.69. The maximum Gasteiger partial charge on any atom is 0.226 e. The maximum absolute atomic E-state index is 12.8. The first-order valence-electron chi connectivity index (χ1n) is 8.13. The number of aromatic hydroxyl groups is 1. The zero-order valence-corrected chi connectivity index (χ0v) is 12.7. The minimum Gasteiger partial charge on any atom is -0.508 e. The van der Waals surface area contributed by atoms with Crippen molar-refractivity contribution in [2.75, 3.05) is 7.05 Å². The van der Waals surface area contributed by atoms with E-state index in [-0.39, 0.29) is 11.8 Å². The summed E-state index contributed by atoms with van der Waals surface area (Å²) >= 11 is 0. The molecule has 1 aromatic carbocycles. The molecule has 3 aliphatic rings.